The van der Waals surface area contributed by atoms with Gasteiger partial charge in [0, 0.05) is 24.6 Å². The topological polar surface area (TPSA) is 117 Å². The number of ether oxygens (including phenoxy) is 1. The fourth-order valence-electron chi connectivity index (χ4n) is 4.14. The predicted molar refractivity (Wildman–Crippen MR) is 117 cm³/mol. The molecule has 160 valence electrons. The minimum absolute atomic E-state index is 0.204. The fourth-order valence-corrected chi connectivity index (χ4v) is 4.14. The van der Waals surface area contributed by atoms with Gasteiger partial charge in [-0.05, 0) is 36.6 Å². The van der Waals surface area contributed by atoms with Crippen molar-refractivity contribution >= 4 is 16.9 Å². The number of rotatable bonds is 6. The summed E-state index contributed by atoms with van der Waals surface area (Å²) in [6.45, 7) is 5.38. The van der Waals surface area contributed by atoms with Gasteiger partial charge < -0.3 is 20.4 Å². The van der Waals surface area contributed by atoms with Crippen LogP contribution in [0.2, 0.25) is 0 Å². The molecule has 9 heteroatoms. The van der Waals surface area contributed by atoms with Crippen LogP contribution in [0.5, 0.6) is 5.75 Å². The van der Waals surface area contributed by atoms with E-state index in [1.807, 2.05) is 41.8 Å². The second-order valence-electron chi connectivity index (χ2n) is 7.74. The molecule has 3 N–H and O–H groups in total. The molecule has 3 aromatic heterocycles. The first-order valence-electron chi connectivity index (χ1n) is 10.6. The summed E-state index contributed by atoms with van der Waals surface area (Å²) in [5.41, 5.74) is 9.78. The summed E-state index contributed by atoms with van der Waals surface area (Å²) in [6, 6.07) is 9.99. The number of imidazole rings is 1. The quantitative estimate of drug-likeness (QED) is 0.490. The lowest BCUT2D eigenvalue weighted by Crippen LogP contribution is -2.33. The summed E-state index contributed by atoms with van der Waals surface area (Å²) < 4.78 is 13.2. The van der Waals surface area contributed by atoms with Crippen LogP contribution in [0.15, 0.2) is 41.2 Å². The molecule has 0 amide bonds. The second-order valence-corrected chi connectivity index (χ2v) is 7.74. The van der Waals surface area contributed by atoms with Crippen molar-refractivity contribution in [2.45, 2.75) is 26.3 Å². The average Bonchev–Trinajstić information content (AvgIpc) is 3.41. The number of aromatic nitrogens is 5. The fraction of sp³-hybridized carbons (Fsp3) is 0.364. The van der Waals surface area contributed by atoms with Gasteiger partial charge in [0.2, 0.25) is 0 Å². The zero-order valence-electron chi connectivity index (χ0n) is 17.4. The molecule has 1 fully saturated rings. The van der Waals surface area contributed by atoms with Crippen molar-refractivity contribution in [1.82, 2.24) is 30.2 Å². The molecule has 1 unspecified atom stereocenters. The Bertz CT molecular complexity index is 1180. The van der Waals surface area contributed by atoms with Gasteiger partial charge in [-0.25, -0.2) is 14.6 Å². The third kappa shape index (κ3) is 3.61. The van der Waals surface area contributed by atoms with Gasteiger partial charge in [-0.15, -0.1) is 0 Å². The van der Waals surface area contributed by atoms with E-state index in [0.29, 0.717) is 36.3 Å². The van der Waals surface area contributed by atoms with Crippen LogP contribution in [-0.2, 0) is 6.54 Å². The third-order valence-corrected chi connectivity index (χ3v) is 5.70. The molecule has 0 aliphatic carbocycles. The van der Waals surface area contributed by atoms with E-state index >= 15 is 0 Å². The van der Waals surface area contributed by atoms with Crippen molar-refractivity contribution < 1.29 is 9.37 Å². The van der Waals surface area contributed by atoms with E-state index in [4.69, 9.17) is 25.1 Å². The highest BCUT2D eigenvalue weighted by Crippen LogP contribution is 2.36. The number of nitrogens with two attached hydrogens (primary N) is 1. The standard InChI is InChI=1S/C22H25N7O2/c1-2-29-20-16(30-13-14-7-6-10-24-11-14)12-25-17(15-8-4-3-5-9-15)18(20)26-22(29)19-21(23)28-31-27-19/h3-5,8-9,12,14,24H,2,6-7,10-11,13H2,1H3,(H2,23,28). The number of benzene rings is 1. The molecular weight excluding hydrogens is 394 g/mol. The molecule has 0 spiro atoms. The van der Waals surface area contributed by atoms with Gasteiger partial charge in [-0.3, -0.25) is 0 Å². The summed E-state index contributed by atoms with van der Waals surface area (Å²) in [5.74, 6) is 1.97. The molecule has 1 aliphatic rings. The van der Waals surface area contributed by atoms with Gasteiger partial charge in [0.1, 0.15) is 11.0 Å². The Labute approximate surface area is 179 Å². The van der Waals surface area contributed by atoms with Crippen LogP contribution in [0.3, 0.4) is 0 Å². The van der Waals surface area contributed by atoms with Crippen molar-refractivity contribution in [2.75, 3.05) is 25.4 Å². The minimum atomic E-state index is 0.204. The lowest BCUT2D eigenvalue weighted by atomic mass is 10.0. The van der Waals surface area contributed by atoms with Crippen molar-refractivity contribution in [3.63, 3.8) is 0 Å². The third-order valence-electron chi connectivity index (χ3n) is 5.70. The number of nitrogen functional groups attached to an aromatic ring is 1. The Morgan fingerprint density at radius 3 is 2.81 bits per heavy atom. The van der Waals surface area contributed by atoms with Gasteiger partial charge in [-0.1, -0.05) is 30.3 Å². The summed E-state index contributed by atoms with van der Waals surface area (Å²) in [6.07, 6.45) is 4.12. The summed E-state index contributed by atoms with van der Waals surface area (Å²) in [5, 5.41) is 11.1. The highest BCUT2D eigenvalue weighted by molar-refractivity contribution is 5.95. The number of piperidine rings is 1. The Balaban J connectivity index is 1.65. The van der Waals surface area contributed by atoms with Crippen LogP contribution in [-0.4, -0.2) is 44.5 Å². The number of hydrogen-bond acceptors (Lipinski definition) is 8. The van der Waals surface area contributed by atoms with Crippen molar-refractivity contribution in [1.29, 1.82) is 0 Å². The molecule has 31 heavy (non-hydrogen) atoms. The van der Waals surface area contributed by atoms with Crippen LogP contribution in [0, 0.1) is 5.92 Å². The van der Waals surface area contributed by atoms with Crippen molar-refractivity contribution in [3.05, 3.63) is 36.5 Å². The number of fused-ring (bicyclic) bond motifs is 1. The summed E-state index contributed by atoms with van der Waals surface area (Å²) in [7, 11) is 0. The predicted octanol–water partition coefficient (Wildman–Crippen LogP) is 3.13. The largest absolute Gasteiger partial charge is 0.489 e. The van der Waals surface area contributed by atoms with E-state index in [2.05, 4.69) is 15.6 Å². The molecule has 1 atom stereocenters. The number of anilines is 1. The first kappa shape index (κ1) is 19.5. The van der Waals surface area contributed by atoms with Gasteiger partial charge >= 0.3 is 0 Å². The molecule has 1 aliphatic heterocycles. The smallest absolute Gasteiger partial charge is 0.199 e. The monoisotopic (exact) mass is 419 g/mol. The van der Waals surface area contributed by atoms with E-state index in [9.17, 15) is 0 Å². The molecule has 0 bridgehead atoms. The van der Waals surface area contributed by atoms with Gasteiger partial charge in [0.25, 0.3) is 0 Å². The summed E-state index contributed by atoms with van der Waals surface area (Å²) >= 11 is 0. The number of pyridine rings is 1. The number of aryl methyl sites for hydroxylation is 1. The molecule has 0 saturated carbocycles. The van der Waals surface area contributed by atoms with Crippen molar-refractivity contribution in [2.24, 2.45) is 5.92 Å². The SMILES string of the molecule is CCn1c(-c2nonc2N)nc2c(-c3ccccc3)ncc(OCC3CCCNC3)c21. The van der Waals surface area contributed by atoms with Gasteiger partial charge in [0.15, 0.2) is 23.1 Å². The normalized spacial score (nSPS) is 16.6. The average molecular weight is 419 g/mol. The van der Waals surface area contributed by atoms with Crippen LogP contribution >= 0.6 is 0 Å². The van der Waals surface area contributed by atoms with Crippen LogP contribution in [0.4, 0.5) is 5.82 Å². The Morgan fingerprint density at radius 2 is 2.10 bits per heavy atom. The molecule has 1 aromatic carbocycles. The van der Waals surface area contributed by atoms with E-state index in [0.717, 1.165) is 41.8 Å². The minimum Gasteiger partial charge on any atom is -0.489 e. The summed E-state index contributed by atoms with van der Waals surface area (Å²) in [4.78, 5) is 9.61. The maximum Gasteiger partial charge on any atom is 0.199 e. The molecular formula is C22H25N7O2. The molecule has 9 nitrogen and oxygen atoms in total. The van der Waals surface area contributed by atoms with Crippen LogP contribution in [0.1, 0.15) is 19.8 Å². The van der Waals surface area contributed by atoms with Crippen molar-refractivity contribution in [3.8, 4) is 28.5 Å². The number of nitrogens with zero attached hydrogens (tertiary/aromatic N) is 5. The Morgan fingerprint density at radius 1 is 1.23 bits per heavy atom. The van der Waals surface area contributed by atoms with Gasteiger partial charge in [-0.2, -0.15) is 0 Å². The maximum atomic E-state index is 6.30. The number of nitrogens with one attached hydrogen (secondary N) is 1. The first-order chi connectivity index (χ1) is 15.3. The molecule has 0 radical (unpaired) electrons. The van der Waals surface area contributed by atoms with E-state index in [-0.39, 0.29) is 5.82 Å². The second kappa shape index (κ2) is 8.35. The molecule has 4 heterocycles. The molecule has 4 aromatic rings. The highest BCUT2D eigenvalue weighted by Gasteiger charge is 2.24. The Kier molecular flexibility index (Phi) is 5.25. The number of hydrogen-bond donors (Lipinski definition) is 2. The van der Waals surface area contributed by atoms with E-state index in [1.54, 1.807) is 6.20 Å². The van der Waals surface area contributed by atoms with E-state index < -0.39 is 0 Å². The first-order valence-corrected chi connectivity index (χ1v) is 10.6. The van der Waals surface area contributed by atoms with Crippen LogP contribution < -0.4 is 15.8 Å². The highest BCUT2D eigenvalue weighted by atomic mass is 16.6. The lowest BCUT2D eigenvalue weighted by molar-refractivity contribution is 0.219. The maximum absolute atomic E-state index is 6.30. The molecule has 5 rings (SSSR count). The van der Waals surface area contributed by atoms with E-state index in [1.165, 1.54) is 6.42 Å². The van der Waals surface area contributed by atoms with Crippen LogP contribution in [0.25, 0.3) is 33.8 Å². The zero-order valence-corrected chi connectivity index (χ0v) is 17.4. The lowest BCUT2D eigenvalue weighted by Gasteiger charge is -2.23. The Hall–Kier alpha value is -3.46. The zero-order chi connectivity index (χ0) is 21.2. The van der Waals surface area contributed by atoms with Gasteiger partial charge in [0.05, 0.1) is 18.5 Å². The molecule has 1 saturated heterocycles.